The topological polar surface area (TPSA) is 131 Å². The van der Waals surface area contributed by atoms with E-state index in [1.165, 1.54) is 24.3 Å². The van der Waals surface area contributed by atoms with Crippen molar-refractivity contribution in [1.82, 2.24) is 0 Å². The molecule has 3 rings (SSSR count). The van der Waals surface area contributed by atoms with E-state index < -0.39 is 28.6 Å². The molecule has 112 valence electrons. The van der Waals surface area contributed by atoms with Gasteiger partial charge in [0.25, 0.3) is 0 Å². The number of rotatable bonds is 1. The molecule has 0 bridgehead atoms. The minimum atomic E-state index is -0.821. The quantitative estimate of drug-likeness (QED) is 0.343. The lowest BCUT2D eigenvalue weighted by Gasteiger charge is -2.07. The molecule has 0 unspecified atom stereocenters. The fourth-order valence-electron chi connectivity index (χ4n) is 2.12. The third-order valence-electron chi connectivity index (χ3n) is 3.24. The maximum absolute atomic E-state index is 12.0. The van der Waals surface area contributed by atoms with Gasteiger partial charge < -0.3 is 29.9 Å². The first-order chi connectivity index (χ1) is 10.4. The highest BCUT2D eigenvalue weighted by Crippen LogP contribution is 2.41. The third-order valence-corrected chi connectivity index (χ3v) is 3.24. The molecule has 22 heavy (non-hydrogen) atoms. The molecule has 0 saturated carbocycles. The van der Waals surface area contributed by atoms with Crippen LogP contribution < -0.4 is 5.63 Å². The minimum Gasteiger partial charge on any atom is -0.504 e. The highest BCUT2D eigenvalue weighted by Gasteiger charge is 2.17. The summed E-state index contributed by atoms with van der Waals surface area (Å²) in [5.41, 5.74) is -0.768. The largest absolute Gasteiger partial charge is 0.504 e. The van der Waals surface area contributed by atoms with Crippen molar-refractivity contribution in [1.29, 1.82) is 0 Å². The smallest absolute Gasteiger partial charge is 0.344 e. The zero-order valence-electron chi connectivity index (χ0n) is 10.9. The van der Waals surface area contributed by atoms with Crippen LogP contribution >= 0.6 is 0 Å². The Morgan fingerprint density at radius 1 is 0.773 bits per heavy atom. The van der Waals surface area contributed by atoms with Crippen LogP contribution in [0.3, 0.4) is 0 Å². The van der Waals surface area contributed by atoms with Gasteiger partial charge in [0.2, 0.25) is 11.5 Å². The van der Waals surface area contributed by atoms with Crippen LogP contribution in [0.25, 0.3) is 22.1 Å². The number of benzene rings is 2. The van der Waals surface area contributed by atoms with E-state index in [9.17, 15) is 30.3 Å². The Labute approximate surface area is 122 Å². The Bertz CT molecular complexity index is 956. The number of fused-ring (bicyclic) bond motifs is 1. The van der Waals surface area contributed by atoms with Crippen molar-refractivity contribution in [2.24, 2.45) is 0 Å². The molecule has 3 aromatic rings. The molecule has 7 nitrogen and oxygen atoms in total. The molecule has 0 aliphatic heterocycles. The minimum absolute atomic E-state index is 0.0484. The predicted molar refractivity (Wildman–Crippen MR) is 76.2 cm³/mol. The standard InChI is InChI=1S/C15H10O7/c16-9-2-1-6(4-10(9)17)8-3-7-5-11(18)12(19)13(20)14(7)22-15(8)21/h1-5,16-20H. The molecule has 0 aliphatic rings. The molecule has 2 aromatic carbocycles. The van der Waals surface area contributed by atoms with Gasteiger partial charge in [-0.05, 0) is 29.8 Å². The average Bonchev–Trinajstić information content (AvgIpc) is 2.48. The first kappa shape index (κ1) is 13.6. The summed E-state index contributed by atoms with van der Waals surface area (Å²) in [6.07, 6.45) is 0. The van der Waals surface area contributed by atoms with E-state index in [0.717, 1.165) is 6.07 Å². The second-order valence-electron chi connectivity index (χ2n) is 4.66. The maximum atomic E-state index is 12.0. The monoisotopic (exact) mass is 302 g/mol. The molecule has 0 saturated heterocycles. The molecule has 0 fully saturated rings. The van der Waals surface area contributed by atoms with E-state index in [4.69, 9.17) is 4.42 Å². The van der Waals surface area contributed by atoms with E-state index in [2.05, 4.69) is 0 Å². The summed E-state index contributed by atoms with van der Waals surface area (Å²) in [6.45, 7) is 0. The summed E-state index contributed by atoms with van der Waals surface area (Å²) < 4.78 is 4.96. The molecule has 0 radical (unpaired) electrons. The van der Waals surface area contributed by atoms with E-state index in [0.29, 0.717) is 0 Å². The second kappa shape index (κ2) is 4.59. The van der Waals surface area contributed by atoms with Crippen LogP contribution in [0.2, 0.25) is 0 Å². The van der Waals surface area contributed by atoms with Gasteiger partial charge in [-0.15, -0.1) is 0 Å². The number of aromatic hydroxyl groups is 5. The molecule has 1 heterocycles. The summed E-state index contributed by atoms with van der Waals surface area (Å²) in [7, 11) is 0. The average molecular weight is 302 g/mol. The van der Waals surface area contributed by atoms with Crippen molar-refractivity contribution >= 4 is 11.0 Å². The molecule has 1 aromatic heterocycles. The number of phenols is 5. The van der Waals surface area contributed by atoms with Gasteiger partial charge in [0.05, 0.1) is 5.56 Å². The molecule has 5 N–H and O–H groups in total. The van der Waals surface area contributed by atoms with Gasteiger partial charge in [0.15, 0.2) is 22.8 Å². The first-order valence-corrected chi connectivity index (χ1v) is 6.12. The van der Waals surface area contributed by atoms with Crippen molar-refractivity contribution in [2.75, 3.05) is 0 Å². The van der Waals surface area contributed by atoms with Crippen LogP contribution in [0.5, 0.6) is 28.7 Å². The lowest BCUT2D eigenvalue weighted by Crippen LogP contribution is -2.02. The van der Waals surface area contributed by atoms with Crippen LogP contribution in [0.1, 0.15) is 0 Å². The Kier molecular flexibility index (Phi) is 2.84. The van der Waals surface area contributed by atoms with Gasteiger partial charge in [-0.2, -0.15) is 0 Å². The summed E-state index contributed by atoms with van der Waals surface area (Å²) >= 11 is 0. The van der Waals surface area contributed by atoms with E-state index in [1.807, 2.05) is 0 Å². The Morgan fingerprint density at radius 3 is 2.18 bits per heavy atom. The zero-order chi connectivity index (χ0) is 16.0. The maximum Gasteiger partial charge on any atom is 0.344 e. The SMILES string of the molecule is O=c1oc2c(O)c(O)c(O)cc2cc1-c1ccc(O)c(O)c1. The van der Waals surface area contributed by atoms with Crippen molar-refractivity contribution in [3.05, 3.63) is 40.8 Å². The number of phenolic OH excluding ortho intramolecular Hbond substituents is 5. The Hall–Kier alpha value is -3.35. The van der Waals surface area contributed by atoms with Crippen molar-refractivity contribution in [3.8, 4) is 39.9 Å². The van der Waals surface area contributed by atoms with E-state index in [-0.39, 0.29) is 27.8 Å². The lowest BCUT2D eigenvalue weighted by molar-refractivity contribution is 0.365. The number of hydrogen-bond donors (Lipinski definition) is 5. The second-order valence-corrected chi connectivity index (χ2v) is 4.66. The molecule has 0 spiro atoms. The molecule has 0 atom stereocenters. The van der Waals surface area contributed by atoms with Gasteiger partial charge in [-0.25, -0.2) is 4.79 Å². The fraction of sp³-hybridized carbons (Fsp3) is 0. The molecular formula is C15H10O7. The van der Waals surface area contributed by atoms with Gasteiger partial charge in [-0.3, -0.25) is 0 Å². The van der Waals surface area contributed by atoms with Crippen LogP contribution in [0.4, 0.5) is 0 Å². The lowest BCUT2D eigenvalue weighted by atomic mass is 10.0. The Balaban J connectivity index is 2.32. The number of hydrogen-bond acceptors (Lipinski definition) is 7. The van der Waals surface area contributed by atoms with E-state index >= 15 is 0 Å². The van der Waals surface area contributed by atoms with Gasteiger partial charge in [-0.1, -0.05) is 6.07 Å². The van der Waals surface area contributed by atoms with Gasteiger partial charge in [0.1, 0.15) is 0 Å². The fourth-order valence-corrected chi connectivity index (χ4v) is 2.12. The highest BCUT2D eigenvalue weighted by atomic mass is 16.4. The first-order valence-electron chi connectivity index (χ1n) is 6.12. The van der Waals surface area contributed by atoms with E-state index in [1.54, 1.807) is 0 Å². The zero-order valence-corrected chi connectivity index (χ0v) is 10.9. The molecular weight excluding hydrogens is 292 g/mol. The summed E-state index contributed by atoms with van der Waals surface area (Å²) in [6, 6.07) is 6.23. The summed E-state index contributed by atoms with van der Waals surface area (Å²) in [5.74, 6) is -2.85. The Morgan fingerprint density at radius 2 is 1.50 bits per heavy atom. The van der Waals surface area contributed by atoms with Gasteiger partial charge in [0, 0.05) is 5.39 Å². The molecule has 7 heteroatoms. The van der Waals surface area contributed by atoms with Crippen LogP contribution in [-0.2, 0) is 0 Å². The van der Waals surface area contributed by atoms with Crippen molar-refractivity contribution in [2.45, 2.75) is 0 Å². The third kappa shape index (κ3) is 1.96. The van der Waals surface area contributed by atoms with Crippen LogP contribution in [0, 0.1) is 0 Å². The van der Waals surface area contributed by atoms with Crippen molar-refractivity contribution < 1.29 is 29.9 Å². The predicted octanol–water partition coefficient (Wildman–Crippen LogP) is 1.99. The van der Waals surface area contributed by atoms with Crippen LogP contribution in [-0.4, -0.2) is 25.5 Å². The van der Waals surface area contributed by atoms with Gasteiger partial charge >= 0.3 is 5.63 Å². The summed E-state index contributed by atoms with van der Waals surface area (Å²) in [5, 5.41) is 47.6. The summed E-state index contributed by atoms with van der Waals surface area (Å²) in [4.78, 5) is 12.0. The van der Waals surface area contributed by atoms with Crippen molar-refractivity contribution in [3.63, 3.8) is 0 Å². The molecule has 0 amide bonds. The molecule has 0 aliphatic carbocycles. The van der Waals surface area contributed by atoms with Crippen LogP contribution in [0.15, 0.2) is 39.5 Å². The highest BCUT2D eigenvalue weighted by molar-refractivity contribution is 5.90. The normalized spacial score (nSPS) is 10.9.